The lowest BCUT2D eigenvalue weighted by Gasteiger charge is -2.20. The van der Waals surface area contributed by atoms with Crippen LogP contribution in [0.3, 0.4) is 0 Å². The van der Waals surface area contributed by atoms with Gasteiger partial charge in [0, 0.05) is 12.1 Å². The summed E-state index contributed by atoms with van der Waals surface area (Å²) < 4.78 is 0. The molecule has 114 valence electrons. The number of carbonyl (C=O) groups is 1. The van der Waals surface area contributed by atoms with E-state index in [-0.39, 0.29) is 5.78 Å². The molecule has 0 bridgehead atoms. The molecule has 0 saturated carbocycles. The standard InChI is InChI=1S/C19H22N2O/c1-16(13-17(2)22)20-21(14-18-9-5-3-6-10-18)15-19-11-7-4-8-12-19/h3-12H,13-15H2,1-2H3. The van der Waals surface area contributed by atoms with Gasteiger partial charge in [-0.15, -0.1) is 0 Å². The number of hydrogen-bond donors (Lipinski definition) is 0. The van der Waals surface area contributed by atoms with Gasteiger partial charge in [0.25, 0.3) is 0 Å². The molecule has 2 rings (SSSR count). The number of hydrazone groups is 1. The van der Waals surface area contributed by atoms with E-state index in [1.165, 1.54) is 11.1 Å². The number of hydrogen-bond acceptors (Lipinski definition) is 3. The Morgan fingerprint density at radius 3 is 1.73 bits per heavy atom. The average molecular weight is 294 g/mol. The second-order valence-corrected chi connectivity index (χ2v) is 5.51. The first kappa shape index (κ1) is 16.0. The fourth-order valence-electron chi connectivity index (χ4n) is 2.35. The quantitative estimate of drug-likeness (QED) is 0.570. The highest BCUT2D eigenvalue weighted by molar-refractivity contribution is 5.99. The molecule has 22 heavy (non-hydrogen) atoms. The smallest absolute Gasteiger partial charge is 0.135 e. The van der Waals surface area contributed by atoms with Gasteiger partial charge in [-0.2, -0.15) is 5.10 Å². The zero-order valence-corrected chi connectivity index (χ0v) is 13.2. The Kier molecular flexibility index (Phi) is 5.90. The largest absolute Gasteiger partial charge is 0.300 e. The molecule has 0 spiro atoms. The summed E-state index contributed by atoms with van der Waals surface area (Å²) in [5.41, 5.74) is 3.26. The van der Waals surface area contributed by atoms with Gasteiger partial charge < -0.3 is 0 Å². The fraction of sp³-hybridized carbons (Fsp3) is 0.263. The highest BCUT2D eigenvalue weighted by atomic mass is 16.1. The van der Waals surface area contributed by atoms with E-state index < -0.39 is 0 Å². The molecule has 3 nitrogen and oxygen atoms in total. The zero-order valence-electron chi connectivity index (χ0n) is 13.2. The van der Waals surface area contributed by atoms with Crippen LogP contribution >= 0.6 is 0 Å². The minimum atomic E-state index is 0.139. The number of ketones is 1. The summed E-state index contributed by atoms with van der Waals surface area (Å²) in [6, 6.07) is 20.5. The summed E-state index contributed by atoms with van der Waals surface area (Å²) in [5, 5.41) is 6.65. The highest BCUT2D eigenvalue weighted by Crippen LogP contribution is 2.11. The number of benzene rings is 2. The first-order chi connectivity index (χ1) is 10.6. The van der Waals surface area contributed by atoms with Crippen molar-refractivity contribution in [3.05, 3.63) is 71.8 Å². The van der Waals surface area contributed by atoms with Crippen LogP contribution in [-0.2, 0) is 17.9 Å². The fourth-order valence-corrected chi connectivity index (χ4v) is 2.35. The summed E-state index contributed by atoms with van der Waals surface area (Å²) in [6.45, 7) is 4.96. The van der Waals surface area contributed by atoms with E-state index in [4.69, 9.17) is 0 Å². The van der Waals surface area contributed by atoms with Crippen LogP contribution in [0.1, 0.15) is 31.4 Å². The molecule has 2 aromatic carbocycles. The van der Waals surface area contributed by atoms with Gasteiger partial charge in [-0.05, 0) is 25.0 Å². The Morgan fingerprint density at radius 2 is 1.32 bits per heavy atom. The van der Waals surface area contributed by atoms with E-state index in [1.807, 2.05) is 48.3 Å². The summed E-state index contributed by atoms with van der Waals surface area (Å²) in [6.07, 6.45) is 0.403. The molecule has 0 heterocycles. The van der Waals surface area contributed by atoms with Gasteiger partial charge in [0.2, 0.25) is 0 Å². The molecule has 0 saturated heterocycles. The first-order valence-electron chi connectivity index (χ1n) is 7.50. The lowest BCUT2D eigenvalue weighted by Crippen LogP contribution is -2.19. The summed E-state index contributed by atoms with van der Waals surface area (Å²) in [5.74, 6) is 0.139. The maximum absolute atomic E-state index is 11.3. The van der Waals surface area contributed by atoms with Crippen molar-refractivity contribution in [3.8, 4) is 0 Å². The maximum Gasteiger partial charge on any atom is 0.135 e. The van der Waals surface area contributed by atoms with Gasteiger partial charge >= 0.3 is 0 Å². The molecule has 0 N–H and O–H groups in total. The van der Waals surface area contributed by atoms with Crippen LogP contribution in [0, 0.1) is 0 Å². The highest BCUT2D eigenvalue weighted by Gasteiger charge is 2.06. The van der Waals surface area contributed by atoms with E-state index in [9.17, 15) is 4.79 Å². The van der Waals surface area contributed by atoms with Crippen LogP contribution in [0.2, 0.25) is 0 Å². The zero-order chi connectivity index (χ0) is 15.8. The Hall–Kier alpha value is -2.42. The number of nitrogens with zero attached hydrogens (tertiary/aromatic N) is 2. The van der Waals surface area contributed by atoms with Crippen LogP contribution in [0.15, 0.2) is 65.8 Å². The van der Waals surface area contributed by atoms with Gasteiger partial charge in [0.1, 0.15) is 5.78 Å². The molecule has 0 aliphatic heterocycles. The molecule has 0 unspecified atom stereocenters. The predicted molar refractivity (Wildman–Crippen MR) is 90.5 cm³/mol. The summed E-state index contributed by atoms with van der Waals surface area (Å²) in [4.78, 5) is 11.3. The van der Waals surface area contributed by atoms with Gasteiger partial charge in [-0.1, -0.05) is 60.7 Å². The van der Waals surface area contributed by atoms with Crippen molar-refractivity contribution in [2.24, 2.45) is 5.10 Å². The van der Waals surface area contributed by atoms with Crippen LogP contribution < -0.4 is 0 Å². The minimum absolute atomic E-state index is 0.139. The van der Waals surface area contributed by atoms with Gasteiger partial charge in [-0.25, -0.2) is 0 Å². The lowest BCUT2D eigenvalue weighted by molar-refractivity contribution is -0.115. The SMILES string of the molecule is CC(=O)CC(C)=NN(Cc1ccccc1)Cc1ccccc1. The second kappa shape index (κ2) is 8.13. The van der Waals surface area contributed by atoms with E-state index in [2.05, 4.69) is 29.4 Å². The Bertz CT molecular complexity index is 579. The molecular weight excluding hydrogens is 272 g/mol. The maximum atomic E-state index is 11.3. The van der Waals surface area contributed by atoms with Crippen molar-refractivity contribution in [1.29, 1.82) is 0 Å². The monoisotopic (exact) mass is 294 g/mol. The third-order valence-corrected chi connectivity index (χ3v) is 3.23. The van der Waals surface area contributed by atoms with Crippen molar-refractivity contribution in [3.63, 3.8) is 0 Å². The Morgan fingerprint density at radius 1 is 0.864 bits per heavy atom. The van der Waals surface area contributed by atoms with Crippen molar-refractivity contribution >= 4 is 11.5 Å². The number of carbonyl (C=O) groups excluding carboxylic acids is 1. The molecule has 2 aromatic rings. The topological polar surface area (TPSA) is 32.7 Å². The second-order valence-electron chi connectivity index (χ2n) is 5.51. The van der Waals surface area contributed by atoms with Gasteiger partial charge in [0.15, 0.2) is 0 Å². The Labute approximate surface area is 132 Å². The molecule has 0 radical (unpaired) electrons. The molecule has 0 aromatic heterocycles. The predicted octanol–water partition coefficient (Wildman–Crippen LogP) is 4.04. The molecule has 0 atom stereocenters. The number of Topliss-reactive ketones (excluding diaryl/α,β-unsaturated/α-hetero) is 1. The van der Waals surface area contributed by atoms with Gasteiger partial charge in [-0.3, -0.25) is 9.80 Å². The van der Waals surface area contributed by atoms with Crippen molar-refractivity contribution in [2.45, 2.75) is 33.4 Å². The van der Waals surface area contributed by atoms with E-state index in [1.54, 1.807) is 6.92 Å². The normalized spacial score (nSPS) is 11.3. The van der Waals surface area contributed by atoms with Crippen LogP contribution in [0.25, 0.3) is 0 Å². The van der Waals surface area contributed by atoms with Crippen molar-refractivity contribution in [1.82, 2.24) is 5.01 Å². The van der Waals surface area contributed by atoms with Crippen LogP contribution in [0.4, 0.5) is 0 Å². The summed E-state index contributed by atoms with van der Waals surface area (Å²) in [7, 11) is 0. The average Bonchev–Trinajstić information content (AvgIpc) is 2.48. The minimum Gasteiger partial charge on any atom is -0.300 e. The molecule has 0 fully saturated rings. The molecule has 3 heteroatoms. The van der Waals surface area contributed by atoms with Crippen LogP contribution in [-0.4, -0.2) is 16.5 Å². The molecule has 0 aliphatic rings. The summed E-state index contributed by atoms with van der Waals surface area (Å²) >= 11 is 0. The molecule has 0 aliphatic carbocycles. The third kappa shape index (κ3) is 5.52. The Balaban J connectivity index is 2.14. The van der Waals surface area contributed by atoms with E-state index in [0.717, 1.165) is 18.8 Å². The number of rotatable bonds is 7. The third-order valence-electron chi connectivity index (χ3n) is 3.23. The van der Waals surface area contributed by atoms with Crippen molar-refractivity contribution in [2.75, 3.05) is 0 Å². The van der Waals surface area contributed by atoms with E-state index in [0.29, 0.717) is 6.42 Å². The van der Waals surface area contributed by atoms with Crippen molar-refractivity contribution < 1.29 is 4.79 Å². The molecular formula is C19H22N2O. The van der Waals surface area contributed by atoms with Crippen LogP contribution in [0.5, 0.6) is 0 Å². The van der Waals surface area contributed by atoms with E-state index >= 15 is 0 Å². The molecule has 0 amide bonds. The first-order valence-corrected chi connectivity index (χ1v) is 7.50. The van der Waals surface area contributed by atoms with Gasteiger partial charge in [0.05, 0.1) is 13.1 Å². The lowest BCUT2D eigenvalue weighted by atomic mass is 10.2.